The molecule has 1 amide bonds. The summed E-state index contributed by atoms with van der Waals surface area (Å²) < 4.78 is 11.7. The molecule has 1 N–H and O–H groups in total. The maximum absolute atomic E-state index is 12.6. The Labute approximate surface area is 187 Å². The summed E-state index contributed by atoms with van der Waals surface area (Å²) in [6.07, 6.45) is 5.07. The Morgan fingerprint density at radius 1 is 1.07 bits per heavy atom. The SMILES string of the molecule is COC(=O)c1c(NC(=O)COc2ccc3cc(Br)ccc3c2)sc2c1CCCCC2. The minimum atomic E-state index is -0.397. The van der Waals surface area contributed by atoms with Crippen molar-refractivity contribution in [2.45, 2.75) is 32.1 Å². The van der Waals surface area contributed by atoms with Crippen molar-refractivity contribution in [2.75, 3.05) is 19.0 Å². The van der Waals surface area contributed by atoms with Crippen molar-refractivity contribution in [3.63, 3.8) is 0 Å². The molecular formula is C23H22BrNO4S. The van der Waals surface area contributed by atoms with E-state index in [9.17, 15) is 9.59 Å². The van der Waals surface area contributed by atoms with Crippen LogP contribution in [0.5, 0.6) is 5.75 Å². The number of hydrogen-bond donors (Lipinski definition) is 1. The van der Waals surface area contributed by atoms with Gasteiger partial charge in [0.2, 0.25) is 0 Å². The van der Waals surface area contributed by atoms with E-state index in [0.29, 0.717) is 16.3 Å². The van der Waals surface area contributed by atoms with Crippen molar-refractivity contribution in [3.8, 4) is 5.75 Å². The number of methoxy groups -OCH3 is 1. The van der Waals surface area contributed by atoms with E-state index < -0.39 is 5.97 Å². The van der Waals surface area contributed by atoms with Crippen LogP contribution in [0.25, 0.3) is 10.8 Å². The van der Waals surface area contributed by atoms with Gasteiger partial charge in [0.25, 0.3) is 5.91 Å². The van der Waals surface area contributed by atoms with Gasteiger partial charge < -0.3 is 14.8 Å². The molecule has 4 rings (SSSR count). The second-order valence-electron chi connectivity index (χ2n) is 7.25. The molecule has 0 radical (unpaired) electrons. The van der Waals surface area contributed by atoms with Gasteiger partial charge in [0.1, 0.15) is 10.8 Å². The Kier molecular flexibility index (Phi) is 6.39. The number of anilines is 1. The van der Waals surface area contributed by atoms with Crippen molar-refractivity contribution in [1.29, 1.82) is 0 Å². The summed E-state index contributed by atoms with van der Waals surface area (Å²) in [6.45, 7) is -0.134. The highest BCUT2D eigenvalue weighted by molar-refractivity contribution is 9.10. The summed E-state index contributed by atoms with van der Waals surface area (Å²) in [5.41, 5.74) is 1.53. The highest BCUT2D eigenvalue weighted by Crippen LogP contribution is 2.38. The number of aryl methyl sites for hydroxylation is 1. The number of nitrogens with one attached hydrogen (secondary N) is 1. The standard InChI is InChI=1S/C23H22BrNO4S/c1-28-23(27)21-18-5-3-2-4-6-19(18)30-22(21)25-20(26)13-29-17-10-8-14-11-16(24)9-7-15(14)12-17/h7-12H,2-6,13H2,1H3,(H,25,26). The first-order valence-electron chi connectivity index (χ1n) is 9.90. The van der Waals surface area contributed by atoms with E-state index in [0.717, 1.165) is 52.9 Å². The third kappa shape index (κ3) is 4.52. The molecule has 7 heteroatoms. The maximum atomic E-state index is 12.6. The zero-order valence-electron chi connectivity index (χ0n) is 16.6. The molecule has 0 saturated carbocycles. The van der Waals surface area contributed by atoms with E-state index in [1.54, 1.807) is 0 Å². The van der Waals surface area contributed by atoms with E-state index in [-0.39, 0.29) is 12.5 Å². The molecule has 1 aliphatic rings. The minimum Gasteiger partial charge on any atom is -0.484 e. The summed E-state index contributed by atoms with van der Waals surface area (Å²) in [4.78, 5) is 26.1. The van der Waals surface area contributed by atoms with Gasteiger partial charge in [0, 0.05) is 9.35 Å². The lowest BCUT2D eigenvalue weighted by atomic mass is 10.1. The Morgan fingerprint density at radius 2 is 1.83 bits per heavy atom. The van der Waals surface area contributed by atoms with Gasteiger partial charge in [-0.05, 0) is 66.3 Å². The van der Waals surface area contributed by atoms with Gasteiger partial charge in [0.05, 0.1) is 12.7 Å². The van der Waals surface area contributed by atoms with Crippen LogP contribution in [0, 0.1) is 0 Å². The lowest BCUT2D eigenvalue weighted by molar-refractivity contribution is -0.118. The lowest BCUT2D eigenvalue weighted by Gasteiger charge is -2.09. The van der Waals surface area contributed by atoms with Gasteiger partial charge in [-0.2, -0.15) is 0 Å². The number of amides is 1. The molecule has 156 valence electrons. The molecule has 0 atom stereocenters. The first kappa shape index (κ1) is 20.9. The average molecular weight is 488 g/mol. The first-order valence-corrected chi connectivity index (χ1v) is 11.5. The smallest absolute Gasteiger partial charge is 0.341 e. The number of hydrogen-bond acceptors (Lipinski definition) is 5. The van der Waals surface area contributed by atoms with Crippen molar-refractivity contribution in [3.05, 3.63) is 56.9 Å². The molecule has 0 saturated heterocycles. The number of fused-ring (bicyclic) bond motifs is 2. The van der Waals surface area contributed by atoms with Crippen LogP contribution in [-0.2, 0) is 22.4 Å². The van der Waals surface area contributed by atoms with Crippen LogP contribution in [0.3, 0.4) is 0 Å². The van der Waals surface area contributed by atoms with Crippen LogP contribution >= 0.6 is 27.3 Å². The first-order chi connectivity index (χ1) is 14.5. The number of thiophene rings is 1. The van der Waals surface area contributed by atoms with Gasteiger partial charge in [-0.15, -0.1) is 11.3 Å². The van der Waals surface area contributed by atoms with Crippen molar-refractivity contribution < 1.29 is 19.1 Å². The Hall–Kier alpha value is -2.38. The predicted octanol–water partition coefficient (Wildman–Crippen LogP) is 5.74. The maximum Gasteiger partial charge on any atom is 0.341 e. The molecule has 30 heavy (non-hydrogen) atoms. The van der Waals surface area contributed by atoms with Crippen LogP contribution in [0.15, 0.2) is 40.9 Å². The minimum absolute atomic E-state index is 0.134. The highest BCUT2D eigenvalue weighted by atomic mass is 79.9. The molecule has 0 unspecified atom stereocenters. The second kappa shape index (κ2) is 9.18. The predicted molar refractivity (Wildman–Crippen MR) is 123 cm³/mol. The summed E-state index contributed by atoms with van der Waals surface area (Å²) in [5.74, 6) is -0.0751. The van der Waals surface area contributed by atoms with Gasteiger partial charge >= 0.3 is 5.97 Å². The quantitative estimate of drug-likeness (QED) is 0.368. The van der Waals surface area contributed by atoms with Crippen LogP contribution in [0.4, 0.5) is 5.00 Å². The van der Waals surface area contributed by atoms with E-state index in [2.05, 4.69) is 21.2 Å². The highest BCUT2D eigenvalue weighted by Gasteiger charge is 2.26. The van der Waals surface area contributed by atoms with E-state index in [4.69, 9.17) is 9.47 Å². The summed E-state index contributed by atoms with van der Waals surface area (Å²) >= 11 is 4.94. The Morgan fingerprint density at radius 3 is 2.67 bits per heavy atom. The molecule has 3 aromatic rings. The van der Waals surface area contributed by atoms with Crippen molar-refractivity contribution in [1.82, 2.24) is 0 Å². The number of halogens is 1. The molecule has 0 aliphatic heterocycles. The summed E-state index contributed by atoms with van der Waals surface area (Å²) in [5, 5.41) is 5.55. The van der Waals surface area contributed by atoms with Crippen LogP contribution < -0.4 is 10.1 Å². The molecule has 2 aromatic carbocycles. The summed E-state index contributed by atoms with van der Waals surface area (Å²) in [7, 11) is 1.37. The fourth-order valence-electron chi connectivity index (χ4n) is 3.74. The molecular weight excluding hydrogens is 466 g/mol. The Bertz CT molecular complexity index is 1110. The molecule has 0 fully saturated rings. The molecule has 1 aromatic heterocycles. The van der Waals surface area contributed by atoms with Crippen LogP contribution in [-0.4, -0.2) is 25.6 Å². The number of carbonyl (C=O) groups excluding carboxylic acids is 2. The number of benzene rings is 2. The molecule has 1 heterocycles. The van der Waals surface area contributed by atoms with Crippen molar-refractivity contribution in [2.24, 2.45) is 0 Å². The number of ether oxygens (including phenoxy) is 2. The van der Waals surface area contributed by atoms with E-state index in [1.165, 1.54) is 23.3 Å². The largest absolute Gasteiger partial charge is 0.484 e. The second-order valence-corrected chi connectivity index (χ2v) is 9.27. The molecule has 5 nitrogen and oxygen atoms in total. The third-order valence-corrected chi connectivity index (χ3v) is 6.91. The molecule has 0 spiro atoms. The van der Waals surface area contributed by atoms with E-state index in [1.807, 2.05) is 36.4 Å². The topological polar surface area (TPSA) is 64.6 Å². The van der Waals surface area contributed by atoms with Crippen LogP contribution in [0.1, 0.15) is 40.1 Å². The van der Waals surface area contributed by atoms with Gasteiger partial charge in [0.15, 0.2) is 6.61 Å². The number of esters is 1. The summed E-state index contributed by atoms with van der Waals surface area (Å²) in [6, 6.07) is 11.7. The monoisotopic (exact) mass is 487 g/mol. The normalized spacial score (nSPS) is 13.4. The number of rotatable bonds is 5. The average Bonchev–Trinajstić information content (AvgIpc) is 2.91. The fraction of sp³-hybridized carbons (Fsp3) is 0.304. The van der Waals surface area contributed by atoms with Gasteiger partial charge in [-0.1, -0.05) is 34.5 Å². The molecule has 0 bridgehead atoms. The number of carbonyl (C=O) groups is 2. The van der Waals surface area contributed by atoms with Gasteiger partial charge in [-0.25, -0.2) is 4.79 Å². The lowest BCUT2D eigenvalue weighted by Crippen LogP contribution is -2.21. The van der Waals surface area contributed by atoms with E-state index >= 15 is 0 Å². The third-order valence-electron chi connectivity index (χ3n) is 5.21. The Balaban J connectivity index is 1.47. The zero-order chi connectivity index (χ0) is 21.1. The van der Waals surface area contributed by atoms with Crippen LogP contribution in [0.2, 0.25) is 0 Å². The fourth-order valence-corrected chi connectivity index (χ4v) is 5.42. The van der Waals surface area contributed by atoms with Gasteiger partial charge in [-0.3, -0.25) is 4.79 Å². The zero-order valence-corrected chi connectivity index (χ0v) is 19.0. The van der Waals surface area contributed by atoms with Crippen molar-refractivity contribution >= 4 is 54.9 Å². The molecule has 1 aliphatic carbocycles.